The summed E-state index contributed by atoms with van der Waals surface area (Å²) in [7, 11) is 0. The number of aliphatic hydroxyl groups is 1. The molecule has 2 rings (SSSR count). The summed E-state index contributed by atoms with van der Waals surface area (Å²) in [6, 6.07) is 0. The standard InChI is InChI=1S/C16H29NO3/c1-2-20-15(18)14-7-9-16(19,10-8-14)13-17-11-5-3-4-6-12-17/h14,19H,2-13H2,1H3. The summed E-state index contributed by atoms with van der Waals surface area (Å²) >= 11 is 0. The molecule has 0 aromatic carbocycles. The molecule has 1 aliphatic heterocycles. The molecule has 2 fully saturated rings. The first-order valence-electron chi connectivity index (χ1n) is 8.24. The molecule has 0 spiro atoms. The van der Waals surface area contributed by atoms with Crippen LogP contribution in [-0.4, -0.2) is 47.8 Å². The van der Waals surface area contributed by atoms with Crippen molar-refractivity contribution in [3.8, 4) is 0 Å². The Morgan fingerprint density at radius 3 is 2.35 bits per heavy atom. The van der Waals surface area contributed by atoms with Gasteiger partial charge in [-0.25, -0.2) is 0 Å². The highest BCUT2D eigenvalue weighted by Gasteiger charge is 2.37. The van der Waals surface area contributed by atoms with Crippen molar-refractivity contribution in [2.75, 3.05) is 26.2 Å². The molecule has 4 nitrogen and oxygen atoms in total. The van der Waals surface area contributed by atoms with Crippen LogP contribution in [0.25, 0.3) is 0 Å². The zero-order chi connectivity index (χ0) is 14.4. The number of hydrogen-bond acceptors (Lipinski definition) is 4. The average molecular weight is 283 g/mol. The number of hydrogen-bond donors (Lipinski definition) is 1. The highest BCUT2D eigenvalue weighted by Crippen LogP contribution is 2.33. The number of likely N-dealkylation sites (tertiary alicyclic amines) is 1. The van der Waals surface area contributed by atoms with Gasteiger partial charge in [-0.3, -0.25) is 4.79 Å². The van der Waals surface area contributed by atoms with E-state index >= 15 is 0 Å². The van der Waals surface area contributed by atoms with Crippen LogP contribution in [0.3, 0.4) is 0 Å². The van der Waals surface area contributed by atoms with Gasteiger partial charge in [-0.1, -0.05) is 12.8 Å². The number of carbonyl (C=O) groups is 1. The SMILES string of the molecule is CCOC(=O)C1CCC(O)(CN2CCCCCC2)CC1. The minimum Gasteiger partial charge on any atom is -0.466 e. The monoisotopic (exact) mass is 283 g/mol. The topological polar surface area (TPSA) is 49.8 Å². The Labute approximate surface area is 122 Å². The van der Waals surface area contributed by atoms with Crippen molar-refractivity contribution in [2.45, 2.75) is 63.9 Å². The van der Waals surface area contributed by atoms with Crippen LogP contribution in [0.2, 0.25) is 0 Å². The number of carbonyl (C=O) groups excluding carboxylic acids is 1. The molecule has 0 aromatic rings. The lowest BCUT2D eigenvalue weighted by Gasteiger charge is -2.38. The Morgan fingerprint density at radius 2 is 1.80 bits per heavy atom. The van der Waals surface area contributed by atoms with Gasteiger partial charge in [0.25, 0.3) is 0 Å². The molecular weight excluding hydrogens is 254 g/mol. The number of β-amino-alcohol motifs (C(OH)–C–C–N with tert-alkyl or cyclic N) is 1. The van der Waals surface area contributed by atoms with Gasteiger partial charge in [0.1, 0.15) is 0 Å². The van der Waals surface area contributed by atoms with E-state index in [1.807, 2.05) is 6.92 Å². The minimum absolute atomic E-state index is 0.000594. The number of ether oxygens (including phenoxy) is 1. The van der Waals surface area contributed by atoms with Gasteiger partial charge >= 0.3 is 5.97 Å². The second kappa shape index (κ2) is 7.41. The third-order valence-electron chi connectivity index (χ3n) is 4.75. The van der Waals surface area contributed by atoms with E-state index in [0.29, 0.717) is 6.61 Å². The second-order valence-corrected chi connectivity index (χ2v) is 6.44. The quantitative estimate of drug-likeness (QED) is 0.805. The summed E-state index contributed by atoms with van der Waals surface area (Å²) < 4.78 is 5.09. The minimum atomic E-state index is -0.590. The fraction of sp³-hybridized carbons (Fsp3) is 0.938. The third-order valence-corrected chi connectivity index (χ3v) is 4.75. The first kappa shape index (κ1) is 15.8. The van der Waals surface area contributed by atoms with E-state index < -0.39 is 5.60 Å². The van der Waals surface area contributed by atoms with E-state index in [0.717, 1.165) is 45.3 Å². The summed E-state index contributed by atoms with van der Waals surface area (Å²) in [5, 5.41) is 10.8. The zero-order valence-corrected chi connectivity index (χ0v) is 12.8. The van der Waals surface area contributed by atoms with Gasteiger partial charge in [-0.2, -0.15) is 0 Å². The molecule has 1 aliphatic carbocycles. The molecule has 0 atom stereocenters. The van der Waals surface area contributed by atoms with E-state index in [9.17, 15) is 9.90 Å². The number of rotatable bonds is 4. The maximum absolute atomic E-state index is 11.7. The Balaban J connectivity index is 1.79. The van der Waals surface area contributed by atoms with Crippen LogP contribution in [0.15, 0.2) is 0 Å². The van der Waals surface area contributed by atoms with Gasteiger partial charge in [-0.15, -0.1) is 0 Å². The normalized spacial score (nSPS) is 32.6. The van der Waals surface area contributed by atoms with E-state index in [1.54, 1.807) is 0 Å². The summed E-state index contributed by atoms with van der Waals surface area (Å²) in [6.45, 7) is 5.31. The van der Waals surface area contributed by atoms with E-state index in [4.69, 9.17) is 4.74 Å². The summed E-state index contributed by atoms with van der Waals surface area (Å²) in [5.41, 5.74) is -0.590. The van der Waals surface area contributed by atoms with Crippen LogP contribution in [0.1, 0.15) is 58.3 Å². The molecule has 0 radical (unpaired) electrons. The molecule has 0 aromatic heterocycles. The zero-order valence-electron chi connectivity index (χ0n) is 12.8. The van der Waals surface area contributed by atoms with E-state index in [1.165, 1.54) is 25.7 Å². The van der Waals surface area contributed by atoms with Crippen molar-refractivity contribution in [3.63, 3.8) is 0 Å². The average Bonchev–Trinajstić information content (AvgIpc) is 2.68. The molecule has 4 heteroatoms. The van der Waals surface area contributed by atoms with E-state index in [2.05, 4.69) is 4.90 Å². The molecular formula is C16H29NO3. The second-order valence-electron chi connectivity index (χ2n) is 6.44. The van der Waals surface area contributed by atoms with E-state index in [-0.39, 0.29) is 11.9 Å². The van der Waals surface area contributed by atoms with Crippen molar-refractivity contribution in [3.05, 3.63) is 0 Å². The Hall–Kier alpha value is -0.610. The lowest BCUT2D eigenvalue weighted by molar-refractivity contribution is -0.151. The van der Waals surface area contributed by atoms with Crippen LogP contribution in [-0.2, 0) is 9.53 Å². The molecule has 0 amide bonds. The Kier molecular flexibility index (Phi) is 5.85. The predicted octanol–water partition coefficient (Wildman–Crippen LogP) is 2.35. The molecule has 2 aliphatic rings. The maximum atomic E-state index is 11.7. The Bertz CT molecular complexity index is 303. The lowest BCUT2D eigenvalue weighted by Crippen LogP contribution is -2.46. The van der Waals surface area contributed by atoms with Crippen molar-refractivity contribution >= 4 is 5.97 Å². The number of esters is 1. The molecule has 1 saturated carbocycles. The predicted molar refractivity (Wildman–Crippen MR) is 78.4 cm³/mol. The molecule has 20 heavy (non-hydrogen) atoms. The van der Waals surface area contributed by atoms with Gasteiger partial charge in [0, 0.05) is 6.54 Å². The smallest absolute Gasteiger partial charge is 0.308 e. The first-order chi connectivity index (χ1) is 9.63. The van der Waals surface area contributed by atoms with Crippen LogP contribution >= 0.6 is 0 Å². The highest BCUT2D eigenvalue weighted by molar-refractivity contribution is 5.72. The first-order valence-corrected chi connectivity index (χ1v) is 8.24. The fourth-order valence-corrected chi connectivity index (χ4v) is 3.52. The van der Waals surface area contributed by atoms with Gasteiger partial charge in [0.05, 0.1) is 18.1 Å². The molecule has 0 unspecified atom stereocenters. The molecule has 1 saturated heterocycles. The van der Waals surface area contributed by atoms with Gasteiger partial charge in [0.15, 0.2) is 0 Å². The van der Waals surface area contributed by atoms with Crippen molar-refractivity contribution in [2.24, 2.45) is 5.92 Å². The fourth-order valence-electron chi connectivity index (χ4n) is 3.52. The van der Waals surface area contributed by atoms with Crippen LogP contribution in [0.5, 0.6) is 0 Å². The third kappa shape index (κ3) is 4.45. The summed E-state index contributed by atoms with van der Waals surface area (Å²) in [4.78, 5) is 14.1. The van der Waals surface area contributed by atoms with Gasteiger partial charge < -0.3 is 14.7 Å². The maximum Gasteiger partial charge on any atom is 0.308 e. The number of nitrogens with zero attached hydrogens (tertiary/aromatic N) is 1. The van der Waals surface area contributed by atoms with Gasteiger partial charge in [0.2, 0.25) is 0 Å². The highest BCUT2D eigenvalue weighted by atomic mass is 16.5. The van der Waals surface area contributed by atoms with Crippen LogP contribution in [0.4, 0.5) is 0 Å². The molecule has 1 N–H and O–H groups in total. The molecule has 116 valence electrons. The summed E-state index contributed by atoms with van der Waals surface area (Å²) in [5.74, 6) is -0.0799. The van der Waals surface area contributed by atoms with Crippen molar-refractivity contribution < 1.29 is 14.6 Å². The summed E-state index contributed by atoms with van der Waals surface area (Å²) in [6.07, 6.45) is 8.13. The largest absolute Gasteiger partial charge is 0.466 e. The van der Waals surface area contributed by atoms with Crippen LogP contribution < -0.4 is 0 Å². The van der Waals surface area contributed by atoms with Gasteiger partial charge in [-0.05, 0) is 58.5 Å². The van der Waals surface area contributed by atoms with Crippen molar-refractivity contribution in [1.82, 2.24) is 4.90 Å². The molecule has 1 heterocycles. The lowest BCUT2D eigenvalue weighted by atomic mass is 9.78. The molecule has 0 bridgehead atoms. The van der Waals surface area contributed by atoms with Crippen LogP contribution in [0, 0.1) is 5.92 Å². The Morgan fingerprint density at radius 1 is 1.20 bits per heavy atom. The van der Waals surface area contributed by atoms with Crippen molar-refractivity contribution in [1.29, 1.82) is 0 Å².